The zero-order chi connectivity index (χ0) is 21.8. The maximum atomic E-state index is 13.3. The van der Waals surface area contributed by atoms with Crippen LogP contribution in [0.2, 0.25) is 0 Å². The first-order chi connectivity index (χ1) is 15.8. The van der Waals surface area contributed by atoms with E-state index in [4.69, 9.17) is 8.83 Å². The molecule has 32 heavy (non-hydrogen) atoms. The number of aromatic amines is 1. The molecule has 0 bridgehead atoms. The molecular weight excluding hydrogens is 422 g/mol. The van der Waals surface area contributed by atoms with Gasteiger partial charge in [0.2, 0.25) is 5.91 Å². The number of hydrogen-bond donors (Lipinski definition) is 1. The SMILES string of the molecule is O=C(CSc1nc(-c2ccco2)c(-c2ccco2)[nH]1)N(c1ccccc1)c1ccccc1. The number of anilines is 2. The molecule has 3 aromatic heterocycles. The Balaban J connectivity index is 1.41. The molecule has 5 rings (SSSR count). The number of rotatable bonds is 7. The first-order valence-corrected chi connectivity index (χ1v) is 11.0. The lowest BCUT2D eigenvalue weighted by atomic mass is 10.2. The summed E-state index contributed by atoms with van der Waals surface area (Å²) in [5.74, 6) is 1.42. The molecule has 7 heteroatoms. The molecule has 0 aliphatic heterocycles. The van der Waals surface area contributed by atoms with Crippen LogP contribution < -0.4 is 4.90 Å². The van der Waals surface area contributed by atoms with E-state index in [1.165, 1.54) is 11.8 Å². The molecule has 0 saturated carbocycles. The molecular formula is C25H19N3O3S. The number of hydrogen-bond acceptors (Lipinski definition) is 5. The quantitative estimate of drug-likeness (QED) is 0.296. The number of benzene rings is 2. The Hall–Kier alpha value is -3.97. The van der Waals surface area contributed by atoms with Gasteiger partial charge in [-0.3, -0.25) is 9.69 Å². The van der Waals surface area contributed by atoms with E-state index in [1.54, 1.807) is 17.4 Å². The molecule has 3 heterocycles. The van der Waals surface area contributed by atoms with E-state index in [0.717, 1.165) is 11.4 Å². The second-order valence-electron chi connectivity index (χ2n) is 6.91. The zero-order valence-corrected chi connectivity index (χ0v) is 17.8. The van der Waals surface area contributed by atoms with Crippen LogP contribution in [0.4, 0.5) is 11.4 Å². The number of imidazole rings is 1. The number of H-pyrrole nitrogens is 1. The maximum Gasteiger partial charge on any atom is 0.242 e. The zero-order valence-electron chi connectivity index (χ0n) is 17.0. The highest BCUT2D eigenvalue weighted by atomic mass is 32.2. The summed E-state index contributed by atoms with van der Waals surface area (Å²) in [4.78, 5) is 23.0. The molecule has 1 amide bonds. The standard InChI is InChI=1S/C25H19N3O3S/c29-22(28(18-9-3-1-4-10-18)19-11-5-2-6-12-19)17-32-25-26-23(20-13-7-15-30-20)24(27-25)21-14-8-16-31-21/h1-16H,17H2,(H,26,27). The van der Waals surface area contributed by atoms with Crippen LogP contribution in [-0.2, 0) is 4.79 Å². The third-order valence-electron chi connectivity index (χ3n) is 4.81. The van der Waals surface area contributed by atoms with E-state index >= 15 is 0 Å². The number of nitrogens with zero attached hydrogens (tertiary/aromatic N) is 2. The fraction of sp³-hybridized carbons (Fsp3) is 0.0400. The first-order valence-electron chi connectivity index (χ1n) is 10.0. The van der Waals surface area contributed by atoms with Crippen molar-refractivity contribution in [3.05, 3.63) is 97.5 Å². The van der Waals surface area contributed by atoms with Crippen molar-refractivity contribution in [1.29, 1.82) is 0 Å². The fourth-order valence-electron chi connectivity index (χ4n) is 3.40. The van der Waals surface area contributed by atoms with Crippen LogP contribution in [0.5, 0.6) is 0 Å². The van der Waals surface area contributed by atoms with E-state index < -0.39 is 0 Å². The van der Waals surface area contributed by atoms with Gasteiger partial charge in [-0.1, -0.05) is 48.2 Å². The fourth-order valence-corrected chi connectivity index (χ4v) is 4.12. The summed E-state index contributed by atoms with van der Waals surface area (Å²) in [5, 5.41) is 0.609. The minimum Gasteiger partial charge on any atom is -0.463 e. The molecule has 0 spiro atoms. The van der Waals surface area contributed by atoms with Gasteiger partial charge in [0.05, 0.1) is 18.3 Å². The molecule has 5 aromatic rings. The Morgan fingerprint density at radius 3 is 1.97 bits per heavy atom. The summed E-state index contributed by atoms with van der Waals surface area (Å²) in [7, 11) is 0. The van der Waals surface area contributed by atoms with Crippen molar-refractivity contribution in [2.24, 2.45) is 0 Å². The molecule has 6 nitrogen and oxygen atoms in total. The number of amides is 1. The first kappa shape index (κ1) is 20.0. The van der Waals surface area contributed by atoms with E-state index in [1.807, 2.05) is 84.9 Å². The Bertz CT molecular complexity index is 1190. The van der Waals surface area contributed by atoms with Crippen molar-refractivity contribution in [2.75, 3.05) is 10.7 Å². The lowest BCUT2D eigenvalue weighted by molar-refractivity contribution is -0.115. The highest BCUT2D eigenvalue weighted by Gasteiger charge is 2.21. The summed E-state index contributed by atoms with van der Waals surface area (Å²) in [5.41, 5.74) is 2.98. The molecule has 0 fully saturated rings. The van der Waals surface area contributed by atoms with Gasteiger partial charge in [0.25, 0.3) is 0 Å². The monoisotopic (exact) mass is 441 g/mol. The van der Waals surface area contributed by atoms with Crippen molar-refractivity contribution in [2.45, 2.75) is 5.16 Å². The van der Waals surface area contributed by atoms with Gasteiger partial charge >= 0.3 is 0 Å². The van der Waals surface area contributed by atoms with E-state index in [-0.39, 0.29) is 11.7 Å². The highest BCUT2D eigenvalue weighted by molar-refractivity contribution is 7.99. The number of para-hydroxylation sites is 2. The van der Waals surface area contributed by atoms with Crippen molar-refractivity contribution in [3.8, 4) is 22.9 Å². The number of carbonyl (C=O) groups is 1. The molecule has 0 atom stereocenters. The summed E-state index contributed by atoms with van der Waals surface area (Å²) in [6.45, 7) is 0. The lowest BCUT2D eigenvalue weighted by Crippen LogP contribution is -2.27. The molecule has 0 aliphatic rings. The van der Waals surface area contributed by atoms with E-state index in [9.17, 15) is 4.79 Å². The van der Waals surface area contributed by atoms with Crippen LogP contribution >= 0.6 is 11.8 Å². The topological polar surface area (TPSA) is 75.3 Å². The summed E-state index contributed by atoms with van der Waals surface area (Å²) >= 11 is 1.33. The molecule has 0 unspecified atom stereocenters. The predicted molar refractivity (Wildman–Crippen MR) is 125 cm³/mol. The average molecular weight is 442 g/mol. The van der Waals surface area contributed by atoms with Gasteiger partial charge in [-0.15, -0.1) is 0 Å². The van der Waals surface area contributed by atoms with E-state index in [2.05, 4.69) is 9.97 Å². The number of carbonyl (C=O) groups excluding carboxylic acids is 1. The number of furan rings is 2. The highest BCUT2D eigenvalue weighted by Crippen LogP contribution is 2.34. The second kappa shape index (κ2) is 9.03. The second-order valence-corrected chi connectivity index (χ2v) is 7.87. The smallest absolute Gasteiger partial charge is 0.242 e. The number of thioether (sulfide) groups is 1. The third-order valence-corrected chi connectivity index (χ3v) is 5.67. The lowest BCUT2D eigenvalue weighted by Gasteiger charge is -2.22. The van der Waals surface area contributed by atoms with Gasteiger partial charge in [0, 0.05) is 11.4 Å². The van der Waals surface area contributed by atoms with Crippen molar-refractivity contribution in [3.63, 3.8) is 0 Å². The van der Waals surface area contributed by atoms with Crippen LogP contribution in [0, 0.1) is 0 Å². The van der Waals surface area contributed by atoms with Crippen LogP contribution in [0.15, 0.2) is 111 Å². The van der Waals surface area contributed by atoms with Gasteiger partial charge in [-0.25, -0.2) is 4.98 Å². The minimum absolute atomic E-state index is 0.0529. The minimum atomic E-state index is -0.0529. The van der Waals surface area contributed by atoms with Gasteiger partial charge in [0.15, 0.2) is 16.7 Å². The molecule has 0 saturated heterocycles. The summed E-state index contributed by atoms with van der Waals surface area (Å²) < 4.78 is 11.1. The van der Waals surface area contributed by atoms with Crippen LogP contribution in [0.25, 0.3) is 22.9 Å². The Morgan fingerprint density at radius 1 is 0.812 bits per heavy atom. The maximum absolute atomic E-state index is 13.3. The number of nitrogens with one attached hydrogen (secondary N) is 1. The number of aromatic nitrogens is 2. The van der Waals surface area contributed by atoms with Crippen molar-refractivity contribution >= 4 is 29.0 Å². The Labute approximate surface area is 188 Å². The van der Waals surface area contributed by atoms with Crippen molar-refractivity contribution < 1.29 is 13.6 Å². The van der Waals surface area contributed by atoms with Gasteiger partial charge < -0.3 is 13.8 Å². The Morgan fingerprint density at radius 2 is 1.41 bits per heavy atom. The third kappa shape index (κ3) is 4.10. The molecule has 1 N–H and O–H groups in total. The molecule has 0 aliphatic carbocycles. The van der Waals surface area contributed by atoms with Gasteiger partial charge in [-0.05, 0) is 48.5 Å². The summed E-state index contributed by atoms with van der Waals surface area (Å²) in [6.07, 6.45) is 3.21. The summed E-state index contributed by atoms with van der Waals surface area (Å²) in [6, 6.07) is 26.6. The average Bonchev–Trinajstić information content (AvgIpc) is 3.61. The largest absolute Gasteiger partial charge is 0.463 e. The molecule has 158 valence electrons. The van der Waals surface area contributed by atoms with Gasteiger partial charge in [-0.2, -0.15) is 0 Å². The predicted octanol–water partition coefficient (Wildman–Crippen LogP) is 6.39. The van der Waals surface area contributed by atoms with E-state index in [0.29, 0.717) is 28.1 Å². The van der Waals surface area contributed by atoms with Crippen molar-refractivity contribution in [1.82, 2.24) is 9.97 Å². The van der Waals surface area contributed by atoms with Crippen LogP contribution in [0.3, 0.4) is 0 Å². The normalized spacial score (nSPS) is 10.9. The van der Waals surface area contributed by atoms with Gasteiger partial charge in [0.1, 0.15) is 11.4 Å². The molecule has 0 radical (unpaired) electrons. The van der Waals surface area contributed by atoms with Crippen LogP contribution in [0.1, 0.15) is 0 Å². The van der Waals surface area contributed by atoms with Crippen LogP contribution in [-0.4, -0.2) is 21.6 Å². The molecule has 2 aromatic carbocycles. The Kier molecular flexibility index (Phi) is 5.63.